The summed E-state index contributed by atoms with van der Waals surface area (Å²) in [6, 6.07) is 9.42. The van der Waals surface area contributed by atoms with Crippen molar-refractivity contribution in [2.75, 3.05) is 12.0 Å². The van der Waals surface area contributed by atoms with Crippen LogP contribution < -0.4 is 0 Å². The molecule has 0 aliphatic heterocycles. The minimum absolute atomic E-state index is 0.0804. The van der Waals surface area contributed by atoms with E-state index in [9.17, 15) is 13.5 Å². The molecule has 4 nitrogen and oxygen atoms in total. The maximum Gasteiger partial charge on any atom is 0.158 e. The van der Waals surface area contributed by atoms with Crippen molar-refractivity contribution in [2.45, 2.75) is 19.8 Å². The molecule has 0 radical (unpaired) electrons. The largest absolute Gasteiger partial charge is 0.368 e. The third kappa shape index (κ3) is 5.81. The molecule has 17 heavy (non-hydrogen) atoms. The normalized spacial score (nSPS) is 15.5. The average Bonchev–Trinajstić information content (AvgIpc) is 2.25. The van der Waals surface area contributed by atoms with Gasteiger partial charge in [0.1, 0.15) is 9.84 Å². The lowest BCUT2D eigenvalue weighted by atomic mass is 10.2. The Bertz CT molecular complexity index is 427. The lowest BCUT2D eigenvalue weighted by Crippen LogP contribution is -2.27. The Balaban J connectivity index is 2.42. The van der Waals surface area contributed by atoms with Crippen LogP contribution in [0.15, 0.2) is 30.3 Å². The van der Waals surface area contributed by atoms with Gasteiger partial charge in [-0.1, -0.05) is 37.3 Å². The number of sulfone groups is 1. The predicted molar refractivity (Wildman–Crippen MR) is 66.1 cm³/mol. The van der Waals surface area contributed by atoms with Crippen molar-refractivity contribution in [3.05, 3.63) is 35.9 Å². The van der Waals surface area contributed by atoms with Gasteiger partial charge in [-0.15, -0.1) is 0 Å². The van der Waals surface area contributed by atoms with Crippen molar-refractivity contribution >= 4 is 9.84 Å². The first-order chi connectivity index (χ1) is 7.88. The third-order valence-corrected chi connectivity index (χ3v) is 3.45. The van der Waals surface area contributed by atoms with Crippen LogP contribution in [-0.2, 0) is 21.2 Å². The molecule has 1 aromatic carbocycles. The molecule has 0 saturated heterocycles. The van der Waals surface area contributed by atoms with Gasteiger partial charge >= 0.3 is 0 Å². The molecule has 2 atom stereocenters. The van der Waals surface area contributed by atoms with Crippen LogP contribution in [0.25, 0.3) is 0 Å². The molecular formula is C12H18O4S. The van der Waals surface area contributed by atoms with E-state index in [1.54, 1.807) is 6.92 Å². The van der Waals surface area contributed by atoms with E-state index < -0.39 is 22.0 Å². The van der Waals surface area contributed by atoms with Crippen LogP contribution in [0.3, 0.4) is 0 Å². The van der Waals surface area contributed by atoms with E-state index in [0.717, 1.165) is 11.8 Å². The molecule has 0 fully saturated rings. The maximum absolute atomic E-state index is 11.1. The van der Waals surface area contributed by atoms with Crippen molar-refractivity contribution in [3.63, 3.8) is 0 Å². The molecular weight excluding hydrogens is 240 g/mol. The molecule has 0 saturated carbocycles. The Morgan fingerprint density at radius 3 is 2.41 bits per heavy atom. The number of benzene rings is 1. The van der Waals surface area contributed by atoms with E-state index in [2.05, 4.69) is 0 Å². The van der Waals surface area contributed by atoms with Gasteiger partial charge in [0.2, 0.25) is 0 Å². The Morgan fingerprint density at radius 2 is 1.88 bits per heavy atom. The third-order valence-electron chi connectivity index (χ3n) is 2.32. The molecule has 0 heterocycles. The first-order valence-corrected chi connectivity index (χ1v) is 7.46. The van der Waals surface area contributed by atoms with E-state index in [-0.39, 0.29) is 12.4 Å². The molecule has 0 aromatic heterocycles. The van der Waals surface area contributed by atoms with Gasteiger partial charge in [0.25, 0.3) is 0 Å². The van der Waals surface area contributed by atoms with E-state index in [4.69, 9.17) is 4.74 Å². The lowest BCUT2D eigenvalue weighted by Gasteiger charge is -2.18. The highest BCUT2D eigenvalue weighted by Gasteiger charge is 2.19. The molecule has 0 aliphatic carbocycles. The average molecular weight is 258 g/mol. The van der Waals surface area contributed by atoms with E-state index in [1.165, 1.54) is 0 Å². The Labute approximate surface area is 102 Å². The first kappa shape index (κ1) is 14.2. The minimum atomic E-state index is -3.09. The molecule has 1 aromatic rings. The molecule has 0 amide bonds. The number of rotatable bonds is 6. The zero-order valence-corrected chi connectivity index (χ0v) is 10.9. The van der Waals surface area contributed by atoms with Crippen molar-refractivity contribution < 1.29 is 18.3 Å². The minimum Gasteiger partial charge on any atom is -0.368 e. The standard InChI is InChI=1S/C12H18O4S/c1-10(9-17(2,14)15)12(13)16-8-11-6-4-3-5-7-11/h3-7,10,12-13H,8-9H2,1-2H3/t10?,12-/m0/s1. The predicted octanol–water partition coefficient (Wildman–Crippen LogP) is 1.20. The fourth-order valence-corrected chi connectivity index (χ4v) is 2.60. The maximum atomic E-state index is 11.1. The van der Waals surface area contributed by atoms with Crippen molar-refractivity contribution in [1.29, 1.82) is 0 Å². The second kappa shape index (κ2) is 6.14. The van der Waals surface area contributed by atoms with E-state index in [0.29, 0.717) is 0 Å². The van der Waals surface area contributed by atoms with Crippen LogP contribution in [0.1, 0.15) is 12.5 Å². The summed E-state index contributed by atoms with van der Waals surface area (Å²) in [6.45, 7) is 1.92. The summed E-state index contributed by atoms with van der Waals surface area (Å²) in [5, 5.41) is 9.66. The molecule has 0 bridgehead atoms. The van der Waals surface area contributed by atoms with Crippen molar-refractivity contribution in [2.24, 2.45) is 5.92 Å². The van der Waals surface area contributed by atoms with Crippen molar-refractivity contribution in [1.82, 2.24) is 0 Å². The number of hydrogen-bond acceptors (Lipinski definition) is 4. The van der Waals surface area contributed by atoms with Gasteiger partial charge in [-0.3, -0.25) is 0 Å². The number of ether oxygens (including phenoxy) is 1. The second-order valence-corrected chi connectivity index (χ2v) is 6.44. The molecule has 0 spiro atoms. The van der Waals surface area contributed by atoms with Crippen LogP contribution in [-0.4, -0.2) is 31.8 Å². The fourth-order valence-electron chi connectivity index (χ4n) is 1.48. The monoisotopic (exact) mass is 258 g/mol. The number of hydrogen-bond donors (Lipinski definition) is 1. The van der Waals surface area contributed by atoms with Gasteiger partial charge in [-0.2, -0.15) is 0 Å². The Kier molecular flexibility index (Phi) is 5.11. The molecule has 5 heteroatoms. The lowest BCUT2D eigenvalue weighted by molar-refractivity contribution is -0.133. The topological polar surface area (TPSA) is 63.6 Å². The smallest absolute Gasteiger partial charge is 0.158 e. The van der Waals surface area contributed by atoms with Crippen LogP contribution >= 0.6 is 0 Å². The van der Waals surface area contributed by atoms with E-state index >= 15 is 0 Å². The zero-order chi connectivity index (χ0) is 12.9. The van der Waals surface area contributed by atoms with Gasteiger partial charge in [0.15, 0.2) is 6.29 Å². The molecule has 0 aliphatic rings. The van der Waals surface area contributed by atoms with E-state index in [1.807, 2.05) is 30.3 Å². The molecule has 96 valence electrons. The van der Waals surface area contributed by atoms with Gasteiger partial charge in [0.05, 0.1) is 12.4 Å². The van der Waals surface area contributed by atoms with Crippen LogP contribution in [0.4, 0.5) is 0 Å². The Hall–Kier alpha value is -0.910. The first-order valence-electron chi connectivity index (χ1n) is 5.40. The van der Waals surface area contributed by atoms with Crippen molar-refractivity contribution in [3.8, 4) is 0 Å². The zero-order valence-electron chi connectivity index (χ0n) is 10.0. The highest BCUT2D eigenvalue weighted by atomic mass is 32.2. The van der Waals surface area contributed by atoms with Gasteiger partial charge in [-0.25, -0.2) is 8.42 Å². The summed E-state index contributed by atoms with van der Waals surface area (Å²) >= 11 is 0. The molecule has 1 unspecified atom stereocenters. The summed E-state index contributed by atoms with van der Waals surface area (Å²) in [5.74, 6) is -0.517. The van der Waals surface area contributed by atoms with Gasteiger partial charge in [0, 0.05) is 12.2 Å². The SMILES string of the molecule is CC(CS(C)(=O)=O)[C@@H](O)OCc1ccccc1. The van der Waals surface area contributed by atoms with Crippen LogP contribution in [0, 0.1) is 5.92 Å². The summed E-state index contributed by atoms with van der Waals surface area (Å²) in [7, 11) is -3.09. The molecule has 1 N–H and O–H groups in total. The summed E-state index contributed by atoms with van der Waals surface area (Å²) < 4.78 is 27.3. The highest BCUT2D eigenvalue weighted by Crippen LogP contribution is 2.10. The number of aliphatic hydroxyl groups excluding tert-OH is 1. The summed E-state index contributed by atoms with van der Waals surface area (Å²) in [5.41, 5.74) is 0.943. The Morgan fingerprint density at radius 1 is 1.29 bits per heavy atom. The van der Waals surface area contributed by atoms with Crippen LogP contribution in [0.5, 0.6) is 0 Å². The fraction of sp³-hybridized carbons (Fsp3) is 0.500. The van der Waals surface area contributed by atoms with Gasteiger partial charge < -0.3 is 9.84 Å². The quantitative estimate of drug-likeness (QED) is 0.779. The second-order valence-electron chi connectivity index (χ2n) is 4.26. The number of aliphatic hydroxyl groups is 1. The summed E-state index contributed by atoms with van der Waals surface area (Å²) in [6.07, 6.45) is 0.0814. The summed E-state index contributed by atoms with van der Waals surface area (Å²) in [4.78, 5) is 0. The highest BCUT2D eigenvalue weighted by molar-refractivity contribution is 7.90. The van der Waals surface area contributed by atoms with Gasteiger partial charge in [-0.05, 0) is 5.56 Å². The molecule has 1 rings (SSSR count). The van der Waals surface area contributed by atoms with Crippen LogP contribution in [0.2, 0.25) is 0 Å².